The van der Waals surface area contributed by atoms with Crippen molar-refractivity contribution in [3.63, 3.8) is 0 Å². The molecule has 1 aromatic carbocycles. The Morgan fingerprint density at radius 3 is 2.68 bits per heavy atom. The summed E-state index contributed by atoms with van der Waals surface area (Å²) >= 11 is 0. The number of nitrogens with one attached hydrogen (secondary N) is 2. The molecular weight excluding hydrogens is 272 g/mol. The maximum Gasteiger partial charge on any atom is 0.121 e. The van der Waals surface area contributed by atoms with Gasteiger partial charge in [-0.2, -0.15) is 0 Å². The van der Waals surface area contributed by atoms with Gasteiger partial charge < -0.3 is 0 Å². The number of aliphatic imine (C=N–C) groups is 1. The van der Waals surface area contributed by atoms with E-state index in [1.54, 1.807) is 0 Å². The minimum Gasteiger partial charge on any atom is -0.297 e. The van der Waals surface area contributed by atoms with Crippen molar-refractivity contribution in [1.82, 2.24) is 10.4 Å². The van der Waals surface area contributed by atoms with E-state index < -0.39 is 0 Å². The average Bonchev–Trinajstić information content (AvgIpc) is 2.57. The van der Waals surface area contributed by atoms with Gasteiger partial charge >= 0.3 is 0 Å². The summed E-state index contributed by atoms with van der Waals surface area (Å²) in [4.78, 5) is 9.19. The lowest BCUT2D eigenvalue weighted by molar-refractivity contribution is 0.613. The highest BCUT2D eigenvalue weighted by Crippen LogP contribution is 2.33. The van der Waals surface area contributed by atoms with E-state index in [9.17, 15) is 0 Å². The van der Waals surface area contributed by atoms with E-state index in [1.165, 1.54) is 38.5 Å². The maximum absolute atomic E-state index is 4.71. The standard InChI is InChI=1S/C18H24N4/c1-2-3-4-5-6-7-12-17-20-16-13-19-15-11-9-8-10-14(15)18(16)22-21-17/h8-11,13,22H,2-7,12H2,1H3,(H,20,21). The first-order chi connectivity index (χ1) is 10.9. The molecule has 4 nitrogen and oxygen atoms in total. The number of unbranched alkanes of at least 4 members (excludes halogenated alkanes) is 5. The predicted molar refractivity (Wildman–Crippen MR) is 93.6 cm³/mol. The smallest absolute Gasteiger partial charge is 0.121 e. The number of hydrogen-bond acceptors (Lipinski definition) is 4. The number of hydrogen-bond donors (Lipinski definition) is 2. The third-order valence-electron chi connectivity index (χ3n) is 4.11. The van der Waals surface area contributed by atoms with Crippen LogP contribution in [-0.2, 0) is 0 Å². The molecule has 4 heteroatoms. The van der Waals surface area contributed by atoms with Crippen molar-refractivity contribution in [2.75, 3.05) is 5.43 Å². The Balaban J connectivity index is 1.63. The number of anilines is 1. The number of benzene rings is 1. The minimum atomic E-state index is 0.929. The van der Waals surface area contributed by atoms with Crippen molar-refractivity contribution >= 4 is 28.1 Å². The van der Waals surface area contributed by atoms with E-state index in [4.69, 9.17) is 4.99 Å². The van der Waals surface area contributed by atoms with Crippen molar-refractivity contribution < 1.29 is 0 Å². The fourth-order valence-corrected chi connectivity index (χ4v) is 2.85. The third kappa shape index (κ3) is 3.38. The van der Waals surface area contributed by atoms with Crippen LogP contribution in [0.3, 0.4) is 0 Å². The molecule has 0 saturated heterocycles. The van der Waals surface area contributed by atoms with Gasteiger partial charge in [0.2, 0.25) is 0 Å². The molecule has 0 unspecified atom stereocenters. The summed E-state index contributed by atoms with van der Waals surface area (Å²) in [5, 5.41) is 1.11. The Morgan fingerprint density at radius 2 is 1.77 bits per heavy atom. The Morgan fingerprint density at radius 1 is 0.955 bits per heavy atom. The second kappa shape index (κ2) is 7.25. The molecule has 0 spiro atoms. The van der Waals surface area contributed by atoms with Crippen LogP contribution in [0.2, 0.25) is 0 Å². The zero-order valence-electron chi connectivity index (χ0n) is 13.2. The normalized spacial score (nSPS) is 13.2. The highest BCUT2D eigenvalue weighted by Gasteiger charge is 2.13. The number of pyridine rings is 1. The first kappa shape index (κ1) is 14.8. The highest BCUT2D eigenvalue weighted by molar-refractivity contribution is 6.01. The van der Waals surface area contributed by atoms with Gasteiger partial charge in [0.15, 0.2) is 0 Å². The monoisotopic (exact) mass is 296 g/mol. The summed E-state index contributed by atoms with van der Waals surface area (Å²) in [6, 6.07) is 8.13. The number of fused-ring (bicyclic) bond motifs is 3. The second-order valence-corrected chi connectivity index (χ2v) is 5.86. The van der Waals surface area contributed by atoms with Crippen LogP contribution >= 0.6 is 0 Å². The van der Waals surface area contributed by atoms with Crippen molar-refractivity contribution in [3.05, 3.63) is 30.5 Å². The average molecular weight is 296 g/mol. The van der Waals surface area contributed by atoms with Gasteiger partial charge in [0.05, 0.1) is 17.4 Å². The quantitative estimate of drug-likeness (QED) is 0.711. The molecule has 0 amide bonds. The van der Waals surface area contributed by atoms with E-state index in [0.717, 1.165) is 34.5 Å². The molecular formula is C18H24N4. The van der Waals surface area contributed by atoms with Gasteiger partial charge in [0.25, 0.3) is 0 Å². The molecule has 0 radical (unpaired) electrons. The van der Waals surface area contributed by atoms with Crippen LogP contribution in [0.15, 0.2) is 35.5 Å². The molecule has 2 N–H and O–H groups in total. The van der Waals surface area contributed by atoms with E-state index in [1.807, 2.05) is 24.4 Å². The molecule has 0 aliphatic carbocycles. The molecule has 0 saturated carbocycles. The van der Waals surface area contributed by atoms with Crippen molar-refractivity contribution in [2.45, 2.75) is 51.9 Å². The van der Waals surface area contributed by atoms with E-state index in [-0.39, 0.29) is 0 Å². The first-order valence-corrected chi connectivity index (χ1v) is 8.36. The van der Waals surface area contributed by atoms with E-state index in [0.29, 0.717) is 0 Å². The topological polar surface area (TPSA) is 49.3 Å². The van der Waals surface area contributed by atoms with Crippen molar-refractivity contribution in [3.8, 4) is 0 Å². The van der Waals surface area contributed by atoms with Gasteiger partial charge in [0, 0.05) is 11.8 Å². The fraction of sp³-hybridized carbons (Fsp3) is 0.444. The van der Waals surface area contributed by atoms with E-state index >= 15 is 0 Å². The first-order valence-electron chi connectivity index (χ1n) is 8.36. The molecule has 2 aromatic rings. The minimum absolute atomic E-state index is 0.929. The van der Waals surface area contributed by atoms with Gasteiger partial charge in [-0.25, -0.2) is 4.99 Å². The SMILES string of the molecule is CCCCCCCCC1=Nc2cnc3ccccc3c2NN1. The molecule has 1 aliphatic heterocycles. The Bertz CT molecular complexity index is 663. The second-order valence-electron chi connectivity index (χ2n) is 5.86. The molecule has 1 aliphatic rings. The van der Waals surface area contributed by atoms with Gasteiger partial charge in [0.1, 0.15) is 11.5 Å². The number of rotatable bonds is 7. The summed E-state index contributed by atoms with van der Waals surface area (Å²) in [6.45, 7) is 2.25. The number of aromatic nitrogens is 1. The summed E-state index contributed by atoms with van der Waals surface area (Å²) in [6.07, 6.45) is 10.7. The predicted octanol–water partition coefficient (Wildman–Crippen LogP) is 4.95. The fourth-order valence-electron chi connectivity index (χ4n) is 2.85. The molecule has 0 atom stereocenters. The van der Waals surface area contributed by atoms with Crippen LogP contribution in [0.5, 0.6) is 0 Å². The molecule has 0 bridgehead atoms. The van der Waals surface area contributed by atoms with Gasteiger partial charge in [-0.05, 0) is 12.5 Å². The summed E-state index contributed by atoms with van der Waals surface area (Å²) < 4.78 is 0. The summed E-state index contributed by atoms with van der Waals surface area (Å²) in [5.41, 5.74) is 9.48. The lowest BCUT2D eigenvalue weighted by Crippen LogP contribution is -2.32. The van der Waals surface area contributed by atoms with Crippen LogP contribution in [0.1, 0.15) is 51.9 Å². The number of nitrogens with zero attached hydrogens (tertiary/aromatic N) is 2. The largest absolute Gasteiger partial charge is 0.297 e. The van der Waals surface area contributed by atoms with E-state index in [2.05, 4.69) is 28.8 Å². The maximum atomic E-state index is 4.71. The van der Waals surface area contributed by atoms with Crippen LogP contribution in [0.25, 0.3) is 10.9 Å². The highest BCUT2D eigenvalue weighted by atomic mass is 15.4. The number of para-hydroxylation sites is 1. The van der Waals surface area contributed by atoms with Crippen LogP contribution < -0.4 is 10.9 Å². The Labute approximate surface area is 132 Å². The molecule has 22 heavy (non-hydrogen) atoms. The van der Waals surface area contributed by atoms with Crippen molar-refractivity contribution in [2.24, 2.45) is 4.99 Å². The molecule has 1 aromatic heterocycles. The molecule has 0 fully saturated rings. The third-order valence-corrected chi connectivity index (χ3v) is 4.11. The zero-order chi connectivity index (χ0) is 15.2. The molecule has 3 rings (SSSR count). The number of hydrazine groups is 1. The summed E-state index contributed by atoms with van der Waals surface area (Å²) in [5.74, 6) is 1.01. The van der Waals surface area contributed by atoms with Gasteiger partial charge in [-0.15, -0.1) is 0 Å². The summed E-state index contributed by atoms with van der Waals surface area (Å²) in [7, 11) is 0. The Hall–Kier alpha value is -2.10. The zero-order valence-corrected chi connectivity index (χ0v) is 13.2. The van der Waals surface area contributed by atoms with Crippen molar-refractivity contribution in [1.29, 1.82) is 0 Å². The van der Waals surface area contributed by atoms with Crippen LogP contribution in [-0.4, -0.2) is 10.8 Å². The molecule has 2 heterocycles. The molecule has 116 valence electrons. The van der Waals surface area contributed by atoms with Crippen LogP contribution in [0, 0.1) is 0 Å². The van der Waals surface area contributed by atoms with Crippen LogP contribution in [0.4, 0.5) is 11.4 Å². The van der Waals surface area contributed by atoms with Gasteiger partial charge in [-0.3, -0.25) is 15.8 Å². The number of amidine groups is 1. The lowest BCUT2D eigenvalue weighted by atomic mass is 10.1. The van der Waals surface area contributed by atoms with Gasteiger partial charge in [-0.1, -0.05) is 57.2 Å². The lowest BCUT2D eigenvalue weighted by Gasteiger charge is -2.20. The Kier molecular flexibility index (Phi) is 4.88.